The highest BCUT2D eigenvalue weighted by molar-refractivity contribution is 5.80. The van der Waals surface area contributed by atoms with Crippen LogP contribution in [0.15, 0.2) is 36.5 Å². The molecule has 1 amide bonds. The zero-order chi connectivity index (χ0) is 20.3. The van der Waals surface area contributed by atoms with Gasteiger partial charge in [-0.3, -0.25) is 4.79 Å². The Morgan fingerprint density at radius 1 is 1.31 bits per heavy atom. The van der Waals surface area contributed by atoms with E-state index >= 15 is 0 Å². The number of imidazole rings is 1. The van der Waals surface area contributed by atoms with Gasteiger partial charge in [0.1, 0.15) is 11.4 Å². The lowest BCUT2D eigenvalue weighted by Gasteiger charge is -2.47. The Labute approximate surface area is 173 Å². The Balaban J connectivity index is 1.68. The summed E-state index contributed by atoms with van der Waals surface area (Å²) in [5, 5.41) is 0. The Kier molecular flexibility index (Phi) is 6.04. The molecule has 1 aromatic carbocycles. The van der Waals surface area contributed by atoms with Crippen LogP contribution < -0.4 is 0 Å². The molecule has 2 aromatic rings. The van der Waals surface area contributed by atoms with Gasteiger partial charge in [-0.05, 0) is 39.0 Å². The van der Waals surface area contributed by atoms with Crippen molar-refractivity contribution in [3.05, 3.63) is 42.4 Å². The number of unbranched alkanes of at least 4 members (excludes halogenated alkanes) is 1. The number of nitrogens with one attached hydrogen (secondary N) is 1. The molecule has 0 bridgehead atoms. The van der Waals surface area contributed by atoms with E-state index in [-0.39, 0.29) is 23.5 Å². The van der Waals surface area contributed by atoms with Crippen LogP contribution in [-0.2, 0) is 15.1 Å². The molecule has 3 atom stereocenters. The number of carbonyl (C=O) groups excluding carboxylic acids is 1. The highest BCUT2D eigenvalue weighted by Gasteiger charge is 2.47. The molecule has 2 fully saturated rings. The first kappa shape index (κ1) is 20.1. The van der Waals surface area contributed by atoms with Gasteiger partial charge in [0.2, 0.25) is 5.91 Å². The molecular weight excluding hydrogens is 362 g/mol. The Hall–Kier alpha value is -2.14. The van der Waals surface area contributed by atoms with Crippen molar-refractivity contribution in [1.29, 1.82) is 0 Å². The number of amides is 1. The molecule has 29 heavy (non-hydrogen) atoms. The van der Waals surface area contributed by atoms with Gasteiger partial charge in [0.15, 0.2) is 0 Å². The topological polar surface area (TPSA) is 58.2 Å². The van der Waals surface area contributed by atoms with E-state index in [9.17, 15) is 4.79 Å². The minimum atomic E-state index is -0.329. The summed E-state index contributed by atoms with van der Waals surface area (Å²) in [6.07, 6.45) is 9.32. The molecule has 4 rings (SSSR count). The van der Waals surface area contributed by atoms with Crippen molar-refractivity contribution < 1.29 is 9.53 Å². The van der Waals surface area contributed by atoms with Crippen molar-refractivity contribution in [3.8, 4) is 11.3 Å². The zero-order valence-electron chi connectivity index (χ0n) is 17.7. The van der Waals surface area contributed by atoms with E-state index in [0.29, 0.717) is 6.61 Å². The van der Waals surface area contributed by atoms with Crippen LogP contribution in [0.4, 0.5) is 0 Å². The third kappa shape index (κ3) is 3.97. The zero-order valence-corrected chi connectivity index (χ0v) is 17.7. The number of hydrogen-bond donors (Lipinski definition) is 1. The molecule has 1 aromatic heterocycles. The number of aromatic amines is 1. The van der Waals surface area contributed by atoms with E-state index in [1.807, 2.05) is 24.4 Å². The number of likely N-dealkylation sites (tertiary alicyclic amines) is 1. The van der Waals surface area contributed by atoms with Crippen molar-refractivity contribution >= 4 is 5.91 Å². The predicted molar refractivity (Wildman–Crippen MR) is 114 cm³/mol. The van der Waals surface area contributed by atoms with Crippen LogP contribution in [0.3, 0.4) is 0 Å². The van der Waals surface area contributed by atoms with Crippen LogP contribution >= 0.6 is 0 Å². The van der Waals surface area contributed by atoms with Gasteiger partial charge in [-0.2, -0.15) is 0 Å². The van der Waals surface area contributed by atoms with Gasteiger partial charge < -0.3 is 14.6 Å². The molecule has 3 heterocycles. The third-order valence-corrected chi connectivity index (χ3v) is 6.58. The van der Waals surface area contributed by atoms with Crippen LogP contribution in [0.25, 0.3) is 11.3 Å². The van der Waals surface area contributed by atoms with Gasteiger partial charge in [0.25, 0.3) is 0 Å². The van der Waals surface area contributed by atoms with E-state index in [1.54, 1.807) is 0 Å². The molecule has 156 valence electrons. The number of carbonyl (C=O) groups is 1. The first-order chi connectivity index (χ1) is 14.1. The minimum absolute atomic E-state index is 0.0207. The Bertz CT molecular complexity index is 819. The highest BCUT2D eigenvalue weighted by Crippen LogP contribution is 2.42. The van der Waals surface area contributed by atoms with E-state index in [1.165, 1.54) is 0 Å². The summed E-state index contributed by atoms with van der Waals surface area (Å²) in [5.41, 5.74) is 1.73. The van der Waals surface area contributed by atoms with Gasteiger partial charge in [0, 0.05) is 18.3 Å². The lowest BCUT2D eigenvalue weighted by atomic mass is 9.80. The molecule has 5 heteroatoms. The lowest BCUT2D eigenvalue weighted by molar-refractivity contribution is -0.146. The molecule has 0 saturated carbocycles. The highest BCUT2D eigenvalue weighted by atomic mass is 16.5. The predicted octanol–water partition coefficient (Wildman–Crippen LogP) is 4.90. The fraction of sp³-hybridized carbons (Fsp3) is 0.583. The van der Waals surface area contributed by atoms with E-state index in [2.05, 4.69) is 35.9 Å². The first-order valence-corrected chi connectivity index (χ1v) is 11.2. The molecule has 2 aliphatic rings. The van der Waals surface area contributed by atoms with Crippen LogP contribution in [0, 0.1) is 5.92 Å². The number of ether oxygens (including phenoxy) is 1. The normalized spacial score (nSPS) is 27.3. The van der Waals surface area contributed by atoms with E-state index in [0.717, 1.165) is 68.6 Å². The second kappa shape index (κ2) is 8.70. The second-order valence-corrected chi connectivity index (χ2v) is 8.66. The van der Waals surface area contributed by atoms with Crippen LogP contribution in [0.2, 0.25) is 0 Å². The molecule has 0 aliphatic carbocycles. The van der Waals surface area contributed by atoms with E-state index in [4.69, 9.17) is 9.72 Å². The van der Waals surface area contributed by atoms with Crippen LogP contribution in [0.1, 0.15) is 64.6 Å². The molecule has 3 unspecified atom stereocenters. The number of H-pyrrole nitrogens is 1. The van der Waals surface area contributed by atoms with Crippen molar-refractivity contribution in [2.24, 2.45) is 5.92 Å². The van der Waals surface area contributed by atoms with Crippen molar-refractivity contribution in [3.63, 3.8) is 0 Å². The maximum Gasteiger partial charge on any atom is 0.228 e. The average molecular weight is 396 g/mol. The fourth-order valence-corrected chi connectivity index (χ4v) is 4.98. The number of piperidine rings is 1. The van der Waals surface area contributed by atoms with Crippen molar-refractivity contribution in [2.75, 3.05) is 13.2 Å². The van der Waals surface area contributed by atoms with Gasteiger partial charge in [0.05, 0.1) is 24.3 Å². The van der Waals surface area contributed by atoms with Crippen LogP contribution in [-0.4, -0.2) is 40.0 Å². The van der Waals surface area contributed by atoms with Crippen LogP contribution in [0.5, 0.6) is 0 Å². The maximum atomic E-state index is 13.6. The summed E-state index contributed by atoms with van der Waals surface area (Å²) in [5.74, 6) is 1.18. The molecule has 2 aliphatic heterocycles. The number of benzene rings is 1. The van der Waals surface area contributed by atoms with Gasteiger partial charge in [-0.1, -0.05) is 50.1 Å². The van der Waals surface area contributed by atoms with Gasteiger partial charge in [-0.15, -0.1) is 0 Å². The Morgan fingerprint density at radius 2 is 2.14 bits per heavy atom. The summed E-state index contributed by atoms with van der Waals surface area (Å²) in [6, 6.07) is 10.3. The summed E-state index contributed by atoms with van der Waals surface area (Å²) in [7, 11) is 0. The summed E-state index contributed by atoms with van der Waals surface area (Å²) < 4.78 is 5.72. The standard InChI is InChI=1S/C24H33N3O2/c1-3-4-12-24(23-25-16-21(26-23)19-10-6-5-7-11-19)13-8-9-14-27(24)22(28)20-15-18(2)29-17-20/h5-7,10-11,16,18,20H,3-4,8-9,12-15,17H2,1-2H3,(H,25,26). The monoisotopic (exact) mass is 395 g/mol. The second-order valence-electron chi connectivity index (χ2n) is 8.66. The molecule has 5 nitrogen and oxygen atoms in total. The molecular formula is C24H33N3O2. The molecule has 0 spiro atoms. The summed E-state index contributed by atoms with van der Waals surface area (Å²) in [6.45, 7) is 5.64. The number of nitrogens with zero attached hydrogens (tertiary/aromatic N) is 2. The van der Waals surface area contributed by atoms with Gasteiger partial charge >= 0.3 is 0 Å². The smallest absolute Gasteiger partial charge is 0.228 e. The first-order valence-electron chi connectivity index (χ1n) is 11.2. The summed E-state index contributed by atoms with van der Waals surface area (Å²) in [4.78, 5) is 24.2. The fourth-order valence-electron chi connectivity index (χ4n) is 4.98. The van der Waals surface area contributed by atoms with Crippen molar-refractivity contribution in [2.45, 2.75) is 70.4 Å². The quantitative estimate of drug-likeness (QED) is 0.757. The average Bonchev–Trinajstić information content (AvgIpc) is 3.42. The van der Waals surface area contributed by atoms with E-state index < -0.39 is 0 Å². The largest absolute Gasteiger partial charge is 0.378 e. The number of aromatic nitrogens is 2. The van der Waals surface area contributed by atoms with Gasteiger partial charge in [-0.25, -0.2) is 4.98 Å². The Morgan fingerprint density at radius 3 is 2.86 bits per heavy atom. The SMILES string of the molecule is CCCCC1(c2nc(-c3ccccc3)c[nH]2)CCCCN1C(=O)C1COC(C)C1. The third-order valence-electron chi connectivity index (χ3n) is 6.58. The lowest BCUT2D eigenvalue weighted by Crippen LogP contribution is -2.54. The summed E-state index contributed by atoms with van der Waals surface area (Å²) >= 11 is 0. The number of rotatable bonds is 6. The molecule has 0 radical (unpaired) electrons. The minimum Gasteiger partial charge on any atom is -0.378 e. The van der Waals surface area contributed by atoms with Crippen molar-refractivity contribution in [1.82, 2.24) is 14.9 Å². The maximum absolute atomic E-state index is 13.6. The molecule has 1 N–H and O–H groups in total. The molecule has 2 saturated heterocycles. The number of hydrogen-bond acceptors (Lipinski definition) is 3.